The maximum absolute atomic E-state index is 12.7. The molecule has 164 valence electrons. The predicted octanol–water partition coefficient (Wildman–Crippen LogP) is 3.90. The standard InChI is InChI=1S/C22H21ClN6O2S/c1-14(2)32(30,31)28-11-22(12-28,6-7-24)29-10-18(16-4-3-15(23)9-19(16)29)20-17-5-8-25-21(17)27-13-26-20/h3-5,8-10,13-14H,6,11-12H2,1-2H3,(H,25,26,27). The van der Waals surface area contributed by atoms with E-state index in [1.807, 2.05) is 41.2 Å². The molecule has 0 atom stereocenters. The maximum atomic E-state index is 12.7. The van der Waals surface area contributed by atoms with Crippen LogP contribution in [0, 0.1) is 11.3 Å². The summed E-state index contributed by atoms with van der Waals surface area (Å²) in [5.41, 5.74) is 2.54. The van der Waals surface area contributed by atoms with Crippen molar-refractivity contribution in [3.63, 3.8) is 0 Å². The van der Waals surface area contributed by atoms with Crippen LogP contribution in [0.25, 0.3) is 33.2 Å². The second kappa shape index (κ2) is 7.30. The van der Waals surface area contributed by atoms with Gasteiger partial charge in [0.25, 0.3) is 0 Å². The van der Waals surface area contributed by atoms with Crippen molar-refractivity contribution in [2.24, 2.45) is 0 Å². The van der Waals surface area contributed by atoms with Gasteiger partial charge in [-0.1, -0.05) is 17.7 Å². The smallest absolute Gasteiger partial charge is 0.216 e. The number of aromatic amines is 1. The number of aromatic nitrogens is 4. The van der Waals surface area contributed by atoms with Crippen LogP contribution in [0.5, 0.6) is 0 Å². The summed E-state index contributed by atoms with van der Waals surface area (Å²) in [6.45, 7) is 3.81. The highest BCUT2D eigenvalue weighted by Crippen LogP contribution is 2.42. The van der Waals surface area contributed by atoms with Crippen LogP contribution in [0.15, 0.2) is 43.0 Å². The molecule has 0 amide bonds. The zero-order chi connectivity index (χ0) is 22.7. The molecule has 4 aromatic rings. The van der Waals surface area contributed by atoms with Gasteiger partial charge >= 0.3 is 0 Å². The van der Waals surface area contributed by atoms with Crippen LogP contribution in [0.1, 0.15) is 20.3 Å². The van der Waals surface area contributed by atoms with E-state index in [0.717, 1.165) is 33.2 Å². The first kappa shape index (κ1) is 20.9. The van der Waals surface area contributed by atoms with Gasteiger partial charge in [-0.25, -0.2) is 18.4 Å². The second-order valence-electron chi connectivity index (χ2n) is 8.46. The molecule has 3 aromatic heterocycles. The van der Waals surface area contributed by atoms with Crippen LogP contribution in [0.4, 0.5) is 0 Å². The number of hydrogen-bond donors (Lipinski definition) is 1. The molecule has 0 spiro atoms. The number of nitrogens with one attached hydrogen (secondary N) is 1. The van der Waals surface area contributed by atoms with E-state index in [-0.39, 0.29) is 19.5 Å². The molecule has 1 saturated heterocycles. The van der Waals surface area contributed by atoms with Gasteiger partial charge in [-0.2, -0.15) is 9.57 Å². The van der Waals surface area contributed by atoms with Crippen molar-refractivity contribution in [2.75, 3.05) is 13.1 Å². The second-order valence-corrected chi connectivity index (χ2v) is 11.4. The Hall–Kier alpha value is -2.93. The Morgan fingerprint density at radius 2 is 2.03 bits per heavy atom. The molecule has 32 heavy (non-hydrogen) atoms. The first-order chi connectivity index (χ1) is 15.3. The van der Waals surface area contributed by atoms with E-state index in [4.69, 9.17) is 11.6 Å². The van der Waals surface area contributed by atoms with E-state index < -0.39 is 20.8 Å². The number of H-pyrrole nitrogens is 1. The Bertz CT molecular complexity index is 1490. The number of fused-ring (bicyclic) bond motifs is 2. The average Bonchev–Trinajstić information content (AvgIpc) is 3.34. The third-order valence-electron chi connectivity index (χ3n) is 6.19. The van der Waals surface area contributed by atoms with Crippen LogP contribution >= 0.6 is 11.6 Å². The molecule has 10 heteroatoms. The fourth-order valence-corrected chi connectivity index (χ4v) is 6.06. The summed E-state index contributed by atoms with van der Waals surface area (Å²) < 4.78 is 28.9. The molecule has 0 aliphatic carbocycles. The Kier molecular flexibility index (Phi) is 4.78. The normalized spacial score (nSPS) is 16.5. The summed E-state index contributed by atoms with van der Waals surface area (Å²) >= 11 is 6.34. The van der Waals surface area contributed by atoms with Gasteiger partial charge in [0.1, 0.15) is 12.0 Å². The number of halogens is 1. The predicted molar refractivity (Wildman–Crippen MR) is 124 cm³/mol. The van der Waals surface area contributed by atoms with Crippen LogP contribution in [0.2, 0.25) is 5.02 Å². The molecule has 0 bridgehead atoms. The lowest BCUT2D eigenvalue weighted by molar-refractivity contribution is 0.0884. The highest BCUT2D eigenvalue weighted by atomic mass is 35.5. The van der Waals surface area contributed by atoms with E-state index >= 15 is 0 Å². The third-order valence-corrected chi connectivity index (χ3v) is 8.60. The minimum Gasteiger partial charge on any atom is -0.346 e. The van der Waals surface area contributed by atoms with Crippen molar-refractivity contribution in [1.29, 1.82) is 5.26 Å². The van der Waals surface area contributed by atoms with E-state index in [1.54, 1.807) is 13.8 Å². The van der Waals surface area contributed by atoms with E-state index in [0.29, 0.717) is 5.02 Å². The fourth-order valence-electron chi connectivity index (χ4n) is 4.45. The quantitative estimate of drug-likeness (QED) is 0.478. The zero-order valence-corrected chi connectivity index (χ0v) is 19.2. The van der Waals surface area contributed by atoms with Crippen molar-refractivity contribution >= 4 is 43.6 Å². The number of hydrogen-bond acceptors (Lipinski definition) is 5. The van der Waals surface area contributed by atoms with Gasteiger partial charge in [0.15, 0.2) is 0 Å². The molecular formula is C22H21ClN6O2S. The maximum Gasteiger partial charge on any atom is 0.216 e. The van der Waals surface area contributed by atoms with Crippen LogP contribution in [0.3, 0.4) is 0 Å². The van der Waals surface area contributed by atoms with Crippen LogP contribution in [-0.4, -0.2) is 50.6 Å². The lowest BCUT2D eigenvalue weighted by Crippen LogP contribution is -2.64. The largest absolute Gasteiger partial charge is 0.346 e. The van der Waals surface area contributed by atoms with Gasteiger partial charge in [-0.05, 0) is 32.0 Å². The molecule has 1 aliphatic heterocycles. The number of benzene rings is 1. The molecule has 1 fully saturated rings. The lowest BCUT2D eigenvalue weighted by atomic mass is 9.88. The summed E-state index contributed by atoms with van der Waals surface area (Å²) in [4.78, 5) is 11.9. The zero-order valence-electron chi connectivity index (χ0n) is 17.6. The van der Waals surface area contributed by atoms with Crippen molar-refractivity contribution in [2.45, 2.75) is 31.1 Å². The van der Waals surface area contributed by atoms with Gasteiger partial charge < -0.3 is 9.55 Å². The monoisotopic (exact) mass is 468 g/mol. The molecule has 1 aliphatic rings. The molecule has 0 saturated carbocycles. The van der Waals surface area contributed by atoms with Crippen molar-refractivity contribution in [3.8, 4) is 17.3 Å². The molecule has 4 heterocycles. The van der Waals surface area contributed by atoms with E-state index in [9.17, 15) is 13.7 Å². The summed E-state index contributed by atoms with van der Waals surface area (Å²) in [5, 5.41) is 11.5. The van der Waals surface area contributed by atoms with E-state index in [1.165, 1.54) is 10.6 Å². The molecule has 1 N–H and O–H groups in total. The van der Waals surface area contributed by atoms with E-state index in [2.05, 4.69) is 21.0 Å². The van der Waals surface area contributed by atoms with Crippen molar-refractivity contribution in [3.05, 3.63) is 48.0 Å². The van der Waals surface area contributed by atoms with Gasteiger partial charge in [0.05, 0.1) is 34.5 Å². The average molecular weight is 469 g/mol. The number of sulfonamides is 1. The molecule has 8 nitrogen and oxygen atoms in total. The topological polar surface area (TPSA) is 108 Å². The number of nitriles is 1. The minimum atomic E-state index is -3.41. The van der Waals surface area contributed by atoms with Crippen LogP contribution in [-0.2, 0) is 15.6 Å². The third kappa shape index (κ3) is 3.02. The molecular weight excluding hydrogens is 448 g/mol. The van der Waals surface area contributed by atoms with Crippen molar-refractivity contribution in [1.82, 2.24) is 23.8 Å². The molecule has 5 rings (SSSR count). The molecule has 0 unspecified atom stereocenters. The lowest BCUT2D eigenvalue weighted by Gasteiger charge is -2.49. The van der Waals surface area contributed by atoms with Gasteiger partial charge in [-0.15, -0.1) is 0 Å². The Morgan fingerprint density at radius 1 is 1.25 bits per heavy atom. The fraction of sp³-hybridized carbons (Fsp3) is 0.318. The first-order valence-corrected chi connectivity index (χ1v) is 12.1. The minimum absolute atomic E-state index is 0.177. The summed E-state index contributed by atoms with van der Waals surface area (Å²) in [6.07, 6.45) is 5.47. The van der Waals surface area contributed by atoms with Gasteiger partial charge in [0, 0.05) is 46.8 Å². The number of nitrogens with zero attached hydrogens (tertiary/aromatic N) is 5. The van der Waals surface area contributed by atoms with Crippen molar-refractivity contribution < 1.29 is 8.42 Å². The van der Waals surface area contributed by atoms with Gasteiger partial charge in [0.2, 0.25) is 10.0 Å². The first-order valence-electron chi connectivity index (χ1n) is 10.2. The highest BCUT2D eigenvalue weighted by molar-refractivity contribution is 7.89. The molecule has 1 aromatic carbocycles. The Balaban J connectivity index is 1.70. The molecule has 0 radical (unpaired) electrons. The van der Waals surface area contributed by atoms with Crippen LogP contribution < -0.4 is 0 Å². The SMILES string of the molecule is CC(C)S(=O)(=O)N1CC(CC#N)(n2cc(-c3ncnc4[nH]ccc34)c3ccc(Cl)cc32)C1. The Morgan fingerprint density at radius 3 is 2.75 bits per heavy atom. The summed E-state index contributed by atoms with van der Waals surface area (Å²) in [7, 11) is -3.41. The highest BCUT2D eigenvalue weighted by Gasteiger charge is 2.50. The number of rotatable bonds is 5. The Labute approximate surface area is 190 Å². The summed E-state index contributed by atoms with van der Waals surface area (Å²) in [6, 6.07) is 9.80. The van der Waals surface area contributed by atoms with Gasteiger partial charge in [-0.3, -0.25) is 0 Å². The summed E-state index contributed by atoms with van der Waals surface area (Å²) in [5.74, 6) is 0.